The van der Waals surface area contributed by atoms with Gasteiger partial charge in [0.2, 0.25) is 5.91 Å². The molecule has 8 nitrogen and oxygen atoms in total. The molecule has 2 amide bonds. The van der Waals surface area contributed by atoms with Crippen molar-refractivity contribution in [3.8, 4) is 0 Å². The highest BCUT2D eigenvalue weighted by molar-refractivity contribution is 7.17. The Morgan fingerprint density at radius 3 is 2.53 bits per heavy atom. The van der Waals surface area contributed by atoms with E-state index in [1.54, 1.807) is 16.2 Å². The van der Waals surface area contributed by atoms with E-state index in [9.17, 15) is 9.59 Å². The molecule has 1 heterocycles. The van der Waals surface area contributed by atoms with E-state index in [4.69, 9.17) is 20.3 Å². The highest BCUT2D eigenvalue weighted by Gasteiger charge is 2.31. The summed E-state index contributed by atoms with van der Waals surface area (Å²) >= 11 is 1.65. The van der Waals surface area contributed by atoms with Crippen molar-refractivity contribution in [2.24, 2.45) is 5.73 Å². The van der Waals surface area contributed by atoms with Crippen LogP contribution in [-0.2, 0) is 20.8 Å². The van der Waals surface area contributed by atoms with E-state index in [1.807, 2.05) is 32.9 Å². The summed E-state index contributed by atoms with van der Waals surface area (Å²) in [5.74, 6) is -0.164. The Bertz CT molecular complexity index is 853. The highest BCUT2D eigenvalue weighted by atomic mass is 32.1. The van der Waals surface area contributed by atoms with Crippen LogP contribution in [0, 0.1) is 0 Å². The number of thiophene rings is 1. The Morgan fingerprint density at radius 1 is 1.19 bits per heavy atom. The number of carboxylic acid groups (broad SMARTS) is 1. The van der Waals surface area contributed by atoms with E-state index in [1.165, 1.54) is 4.70 Å². The molecule has 0 radical (unpaired) electrons. The minimum atomic E-state index is -1.05. The molecule has 0 unspecified atom stereocenters. The molecule has 0 fully saturated rings. The number of nitrogens with zero attached hydrogens (tertiary/aromatic N) is 1. The van der Waals surface area contributed by atoms with Crippen molar-refractivity contribution in [1.82, 2.24) is 10.2 Å². The molecule has 1 aromatic carbocycles. The first-order valence-electron chi connectivity index (χ1n) is 11.1. The number of carbonyl (C=O) groups is 2. The standard InChI is InChI=1S/C23H35N3O5S/c1-4-30-22(31-5-2)16(3)26(14-17-15-32-20-12-7-6-10-18(17)20)21(27)19(24)11-8-9-13-25-23(28)29/h6-7,10,12,15-16,19,22,25H,4-5,8-9,11,13-14,24H2,1-3H3,(H,28,29)/t16-,19-/m0/s1. The Kier molecular flexibility index (Phi) is 10.9. The summed E-state index contributed by atoms with van der Waals surface area (Å²) in [6.45, 7) is 7.42. The molecule has 0 spiro atoms. The van der Waals surface area contributed by atoms with Crippen molar-refractivity contribution < 1.29 is 24.2 Å². The van der Waals surface area contributed by atoms with Crippen LogP contribution in [0.2, 0.25) is 0 Å². The molecule has 2 aromatic rings. The van der Waals surface area contributed by atoms with Crippen molar-refractivity contribution in [2.45, 2.75) is 65.0 Å². The third-order valence-electron chi connectivity index (χ3n) is 5.27. The molecule has 2 atom stereocenters. The van der Waals surface area contributed by atoms with E-state index in [0.29, 0.717) is 45.6 Å². The highest BCUT2D eigenvalue weighted by Crippen LogP contribution is 2.28. The van der Waals surface area contributed by atoms with E-state index >= 15 is 0 Å². The van der Waals surface area contributed by atoms with Crippen LogP contribution in [0.15, 0.2) is 29.6 Å². The van der Waals surface area contributed by atoms with Crippen LogP contribution >= 0.6 is 11.3 Å². The molecule has 0 aliphatic rings. The fourth-order valence-corrected chi connectivity index (χ4v) is 4.54. The molecule has 0 saturated heterocycles. The van der Waals surface area contributed by atoms with Gasteiger partial charge in [-0.3, -0.25) is 4.79 Å². The SMILES string of the molecule is CCOC(OCC)[C@H](C)N(Cc1csc2ccccc12)C(=O)[C@@H](N)CCCCNC(=O)O. The lowest BCUT2D eigenvalue weighted by Crippen LogP contribution is -2.52. The van der Waals surface area contributed by atoms with Crippen molar-refractivity contribution in [3.63, 3.8) is 0 Å². The van der Waals surface area contributed by atoms with E-state index in [2.05, 4.69) is 22.8 Å². The molecule has 4 N–H and O–H groups in total. The lowest BCUT2D eigenvalue weighted by molar-refractivity contribution is -0.179. The van der Waals surface area contributed by atoms with Gasteiger partial charge >= 0.3 is 6.09 Å². The topological polar surface area (TPSA) is 114 Å². The smallest absolute Gasteiger partial charge is 0.404 e. The fourth-order valence-electron chi connectivity index (χ4n) is 3.58. The summed E-state index contributed by atoms with van der Waals surface area (Å²) in [5.41, 5.74) is 7.35. The Labute approximate surface area is 193 Å². The summed E-state index contributed by atoms with van der Waals surface area (Å²) in [6, 6.07) is 7.11. The van der Waals surface area contributed by atoms with Gasteiger partial charge in [-0.1, -0.05) is 18.2 Å². The predicted octanol–water partition coefficient (Wildman–Crippen LogP) is 3.78. The number of carbonyl (C=O) groups excluding carboxylic acids is 1. The minimum absolute atomic E-state index is 0.164. The molecule has 9 heteroatoms. The molecule has 32 heavy (non-hydrogen) atoms. The molecule has 1 aromatic heterocycles. The predicted molar refractivity (Wildman–Crippen MR) is 127 cm³/mol. The average molecular weight is 466 g/mol. The largest absolute Gasteiger partial charge is 0.465 e. The number of nitrogens with one attached hydrogen (secondary N) is 1. The van der Waals surface area contributed by atoms with Crippen LogP contribution in [0.25, 0.3) is 10.1 Å². The van der Waals surface area contributed by atoms with Crippen LogP contribution in [0.4, 0.5) is 4.79 Å². The summed E-state index contributed by atoms with van der Waals surface area (Å²) in [4.78, 5) is 25.7. The number of hydrogen-bond donors (Lipinski definition) is 3. The Hall–Kier alpha value is -2.20. The van der Waals surface area contributed by atoms with Gasteiger partial charge in [-0.2, -0.15) is 0 Å². The summed E-state index contributed by atoms with van der Waals surface area (Å²) in [7, 11) is 0. The number of unbranched alkanes of at least 4 members (excludes halogenated alkanes) is 1. The lowest BCUT2D eigenvalue weighted by Gasteiger charge is -2.35. The normalized spacial score (nSPS) is 13.3. The maximum absolute atomic E-state index is 13.4. The molecule has 0 aliphatic carbocycles. The third kappa shape index (κ3) is 7.44. The quantitative estimate of drug-likeness (QED) is 0.289. The van der Waals surface area contributed by atoms with Gasteiger partial charge in [0.1, 0.15) is 0 Å². The van der Waals surface area contributed by atoms with Crippen molar-refractivity contribution in [2.75, 3.05) is 19.8 Å². The van der Waals surface area contributed by atoms with E-state index in [0.717, 1.165) is 10.9 Å². The molecule has 178 valence electrons. The lowest BCUT2D eigenvalue weighted by atomic mass is 10.1. The average Bonchev–Trinajstić information content (AvgIpc) is 3.18. The summed E-state index contributed by atoms with van der Waals surface area (Å²) in [6.07, 6.45) is 0.147. The van der Waals surface area contributed by atoms with E-state index < -0.39 is 18.4 Å². The van der Waals surface area contributed by atoms with Crippen molar-refractivity contribution in [3.05, 3.63) is 35.2 Å². The molecule has 2 rings (SSSR count). The van der Waals surface area contributed by atoms with Crippen molar-refractivity contribution in [1.29, 1.82) is 0 Å². The van der Waals surface area contributed by atoms with Crippen LogP contribution in [0.3, 0.4) is 0 Å². The van der Waals surface area contributed by atoms with Gasteiger partial charge in [-0.05, 0) is 62.4 Å². The number of nitrogens with two attached hydrogens (primary N) is 1. The Balaban J connectivity index is 2.16. The second kappa shape index (κ2) is 13.4. The maximum Gasteiger partial charge on any atom is 0.404 e. The fraction of sp³-hybridized carbons (Fsp3) is 0.565. The van der Waals surface area contributed by atoms with Crippen LogP contribution < -0.4 is 11.1 Å². The number of rotatable bonds is 14. The van der Waals surface area contributed by atoms with Gasteiger partial charge in [-0.15, -0.1) is 11.3 Å². The monoisotopic (exact) mass is 465 g/mol. The first kappa shape index (κ1) is 26.1. The molecule has 0 bridgehead atoms. The first-order valence-corrected chi connectivity index (χ1v) is 12.0. The van der Waals surface area contributed by atoms with Gasteiger partial charge in [0.15, 0.2) is 6.29 Å². The number of ether oxygens (including phenoxy) is 2. The minimum Gasteiger partial charge on any atom is -0.465 e. The van der Waals surface area contributed by atoms with Gasteiger partial charge < -0.3 is 30.5 Å². The number of amides is 2. The molecule has 0 aliphatic heterocycles. The zero-order valence-electron chi connectivity index (χ0n) is 19.1. The molecular weight excluding hydrogens is 430 g/mol. The Morgan fingerprint density at radius 2 is 1.88 bits per heavy atom. The van der Waals surface area contributed by atoms with Crippen LogP contribution in [0.1, 0.15) is 45.6 Å². The van der Waals surface area contributed by atoms with Crippen molar-refractivity contribution >= 4 is 33.4 Å². The third-order valence-corrected chi connectivity index (χ3v) is 6.28. The second-order valence-corrected chi connectivity index (χ2v) is 8.49. The van der Waals surface area contributed by atoms with Gasteiger partial charge in [-0.25, -0.2) is 4.79 Å². The van der Waals surface area contributed by atoms with Crippen LogP contribution in [0.5, 0.6) is 0 Å². The summed E-state index contributed by atoms with van der Waals surface area (Å²) in [5, 5.41) is 14.2. The number of hydrogen-bond acceptors (Lipinski definition) is 6. The molecular formula is C23H35N3O5S. The van der Waals surface area contributed by atoms with E-state index in [-0.39, 0.29) is 11.9 Å². The zero-order chi connectivity index (χ0) is 23.5. The van der Waals surface area contributed by atoms with Crippen LogP contribution in [-0.4, -0.2) is 60.1 Å². The summed E-state index contributed by atoms with van der Waals surface area (Å²) < 4.78 is 12.7. The first-order chi connectivity index (χ1) is 15.4. The molecule has 0 saturated carbocycles. The zero-order valence-corrected chi connectivity index (χ0v) is 19.9. The van der Waals surface area contributed by atoms with Gasteiger partial charge in [0.25, 0.3) is 0 Å². The number of fused-ring (bicyclic) bond motifs is 1. The maximum atomic E-state index is 13.4. The van der Waals surface area contributed by atoms with Gasteiger partial charge in [0, 0.05) is 31.0 Å². The number of benzene rings is 1. The van der Waals surface area contributed by atoms with Gasteiger partial charge in [0.05, 0.1) is 12.1 Å². The second-order valence-electron chi connectivity index (χ2n) is 7.58.